The molecule has 0 bridgehead atoms. The van der Waals surface area contributed by atoms with Crippen molar-refractivity contribution in [3.05, 3.63) is 57.9 Å². The Morgan fingerprint density at radius 1 is 1.19 bits per heavy atom. The average Bonchev–Trinajstić information content (AvgIpc) is 3.33. The molecule has 0 spiro atoms. The average molecular weight is 469 g/mol. The number of morpholine rings is 1. The number of benzene rings is 1. The molecule has 8 nitrogen and oxygen atoms in total. The van der Waals surface area contributed by atoms with Gasteiger partial charge < -0.3 is 14.2 Å². The molecule has 3 aliphatic heterocycles. The Kier molecular flexibility index (Phi) is 5.40. The van der Waals surface area contributed by atoms with Crippen LogP contribution in [-0.2, 0) is 9.53 Å². The first kappa shape index (κ1) is 21.0. The molecule has 0 saturated carbocycles. The maximum atomic E-state index is 12.8. The molecular formula is C22H21ClN6O2S. The standard InChI is InChI=1S/C22H21ClN6O2S/c1-13-11-15(14(2)28(13)18-6-4-3-5-17(18)23)12-16-19(24)29-21(25-20(16)30)32-22(26-29)27-7-9-31-10-8-27/h3-6,11-12,24H,7-10H2,1-2H3/b16-12+,24-19?. The van der Waals surface area contributed by atoms with Crippen molar-refractivity contribution < 1.29 is 9.53 Å². The number of nitrogens with one attached hydrogen (secondary N) is 1. The number of hydrogen-bond donors (Lipinski definition) is 1. The van der Waals surface area contributed by atoms with Gasteiger partial charge >= 0.3 is 0 Å². The molecular weight excluding hydrogens is 448 g/mol. The van der Waals surface area contributed by atoms with E-state index < -0.39 is 5.91 Å². The predicted molar refractivity (Wildman–Crippen MR) is 128 cm³/mol. The third-order valence-electron chi connectivity index (χ3n) is 5.59. The summed E-state index contributed by atoms with van der Waals surface area (Å²) in [6, 6.07) is 9.60. The van der Waals surface area contributed by atoms with Crippen molar-refractivity contribution in [2.75, 3.05) is 26.3 Å². The van der Waals surface area contributed by atoms with Crippen LogP contribution in [0.2, 0.25) is 5.02 Å². The van der Waals surface area contributed by atoms with E-state index in [1.165, 1.54) is 16.8 Å². The van der Waals surface area contributed by atoms with E-state index in [9.17, 15) is 4.79 Å². The molecule has 1 saturated heterocycles. The number of aromatic nitrogens is 1. The van der Waals surface area contributed by atoms with Crippen LogP contribution in [0.1, 0.15) is 17.0 Å². The first-order valence-electron chi connectivity index (χ1n) is 10.2. The van der Waals surface area contributed by atoms with Gasteiger partial charge in [0.25, 0.3) is 5.91 Å². The van der Waals surface area contributed by atoms with Gasteiger partial charge in [-0.15, -0.1) is 5.10 Å². The van der Waals surface area contributed by atoms with Crippen molar-refractivity contribution in [2.45, 2.75) is 13.8 Å². The number of fused-ring (bicyclic) bond motifs is 1. The van der Waals surface area contributed by atoms with Crippen LogP contribution in [-0.4, -0.2) is 62.9 Å². The summed E-state index contributed by atoms with van der Waals surface area (Å²) in [7, 11) is 0. The van der Waals surface area contributed by atoms with Crippen LogP contribution >= 0.6 is 23.4 Å². The van der Waals surface area contributed by atoms with Crippen molar-refractivity contribution in [3.8, 4) is 5.69 Å². The van der Waals surface area contributed by atoms with Crippen LogP contribution in [0.25, 0.3) is 11.8 Å². The number of amidine groups is 3. The monoisotopic (exact) mass is 468 g/mol. The maximum absolute atomic E-state index is 12.8. The predicted octanol–water partition coefficient (Wildman–Crippen LogP) is 3.66. The van der Waals surface area contributed by atoms with Crippen molar-refractivity contribution in [2.24, 2.45) is 10.1 Å². The zero-order valence-electron chi connectivity index (χ0n) is 17.6. The van der Waals surface area contributed by atoms with Gasteiger partial charge in [-0.1, -0.05) is 23.7 Å². The lowest BCUT2D eigenvalue weighted by molar-refractivity contribution is -0.114. The number of amides is 1. The first-order chi connectivity index (χ1) is 15.4. The lowest BCUT2D eigenvalue weighted by Gasteiger charge is -2.26. The van der Waals surface area contributed by atoms with Gasteiger partial charge in [0.2, 0.25) is 5.17 Å². The van der Waals surface area contributed by atoms with E-state index in [4.69, 9.17) is 21.7 Å². The molecule has 1 aromatic carbocycles. The van der Waals surface area contributed by atoms with E-state index in [2.05, 4.69) is 15.0 Å². The summed E-state index contributed by atoms with van der Waals surface area (Å²) in [4.78, 5) is 19.1. The minimum absolute atomic E-state index is 0.0262. The number of thioether (sulfide) groups is 1. The Morgan fingerprint density at radius 2 is 1.94 bits per heavy atom. The normalized spacial score (nSPS) is 20.0. The SMILES string of the molecule is Cc1cc(/C=C2\C(=N)N3N=C(N4CCOCC4)SC3=NC2=O)c(C)n1-c1ccccc1Cl. The zero-order valence-corrected chi connectivity index (χ0v) is 19.2. The second-order valence-corrected chi connectivity index (χ2v) is 8.96. The summed E-state index contributed by atoms with van der Waals surface area (Å²) in [5, 5.41) is 16.4. The third kappa shape index (κ3) is 3.56. The topological polar surface area (TPSA) is 86.3 Å². The van der Waals surface area contributed by atoms with Gasteiger partial charge in [-0.25, -0.2) is 0 Å². The molecule has 0 unspecified atom stereocenters. The van der Waals surface area contributed by atoms with Crippen LogP contribution in [0.5, 0.6) is 0 Å². The largest absolute Gasteiger partial charge is 0.378 e. The van der Waals surface area contributed by atoms with Crippen LogP contribution in [0.15, 0.2) is 46.0 Å². The number of para-hydroxylation sites is 1. The van der Waals surface area contributed by atoms with Crippen LogP contribution in [0, 0.1) is 19.3 Å². The third-order valence-corrected chi connectivity index (χ3v) is 6.88. The van der Waals surface area contributed by atoms with Crippen molar-refractivity contribution in [1.29, 1.82) is 5.41 Å². The molecule has 1 N–H and O–H groups in total. The van der Waals surface area contributed by atoms with Crippen molar-refractivity contribution >= 4 is 51.5 Å². The lowest BCUT2D eigenvalue weighted by atomic mass is 10.1. The Bertz CT molecular complexity index is 1230. The fourth-order valence-corrected chi connectivity index (χ4v) is 5.12. The van der Waals surface area contributed by atoms with Crippen LogP contribution in [0.3, 0.4) is 0 Å². The number of hydrazone groups is 1. The molecule has 1 aromatic heterocycles. The summed E-state index contributed by atoms with van der Waals surface area (Å²) in [5.74, 6) is -0.409. The van der Waals surface area contributed by atoms with Gasteiger partial charge in [-0.2, -0.15) is 10.0 Å². The zero-order chi connectivity index (χ0) is 22.4. The Balaban J connectivity index is 1.49. The fraction of sp³-hybridized carbons (Fsp3) is 0.273. The van der Waals surface area contributed by atoms with Crippen molar-refractivity contribution in [3.63, 3.8) is 0 Å². The van der Waals surface area contributed by atoms with Crippen LogP contribution in [0.4, 0.5) is 0 Å². The summed E-state index contributed by atoms with van der Waals surface area (Å²) in [6.07, 6.45) is 1.72. The van der Waals surface area contributed by atoms with Crippen molar-refractivity contribution in [1.82, 2.24) is 14.5 Å². The summed E-state index contributed by atoms with van der Waals surface area (Å²) >= 11 is 7.73. The number of aliphatic imine (C=N–C) groups is 1. The van der Waals surface area contributed by atoms with Gasteiger partial charge in [-0.05, 0) is 55.4 Å². The fourth-order valence-electron chi connectivity index (χ4n) is 3.96. The minimum atomic E-state index is -0.435. The van der Waals surface area contributed by atoms with E-state index in [0.29, 0.717) is 23.4 Å². The molecule has 164 valence electrons. The highest BCUT2D eigenvalue weighted by molar-refractivity contribution is 8.26. The van der Waals surface area contributed by atoms with E-state index >= 15 is 0 Å². The highest BCUT2D eigenvalue weighted by atomic mass is 35.5. The summed E-state index contributed by atoms with van der Waals surface area (Å²) < 4.78 is 7.44. The van der Waals surface area contributed by atoms with Gasteiger partial charge in [0, 0.05) is 24.5 Å². The van der Waals surface area contributed by atoms with E-state index in [-0.39, 0.29) is 11.4 Å². The summed E-state index contributed by atoms with van der Waals surface area (Å²) in [6.45, 7) is 6.67. The van der Waals surface area contributed by atoms with Gasteiger partial charge in [0.15, 0.2) is 11.0 Å². The molecule has 4 heterocycles. The number of carbonyl (C=O) groups is 1. The van der Waals surface area contributed by atoms with E-state index in [1.54, 1.807) is 6.08 Å². The smallest absolute Gasteiger partial charge is 0.283 e. The second-order valence-electron chi connectivity index (χ2n) is 7.62. The number of ether oxygens (including phenoxy) is 1. The number of nitrogens with zero attached hydrogens (tertiary/aromatic N) is 5. The maximum Gasteiger partial charge on any atom is 0.283 e. The quantitative estimate of drug-likeness (QED) is 0.680. The summed E-state index contributed by atoms with van der Waals surface area (Å²) in [5.41, 5.74) is 3.81. The van der Waals surface area contributed by atoms with Crippen LogP contribution < -0.4 is 0 Å². The first-order valence-corrected chi connectivity index (χ1v) is 11.4. The molecule has 1 amide bonds. The molecule has 10 heteroatoms. The molecule has 2 aromatic rings. The highest BCUT2D eigenvalue weighted by Crippen LogP contribution is 2.32. The highest BCUT2D eigenvalue weighted by Gasteiger charge is 2.37. The minimum Gasteiger partial charge on any atom is -0.378 e. The second kappa shape index (κ2) is 8.23. The molecule has 32 heavy (non-hydrogen) atoms. The Labute approximate surface area is 194 Å². The molecule has 3 aliphatic rings. The molecule has 5 rings (SSSR count). The lowest BCUT2D eigenvalue weighted by Crippen LogP contribution is -2.39. The van der Waals surface area contributed by atoms with Gasteiger partial charge in [0.05, 0.1) is 29.5 Å². The number of aryl methyl sites for hydroxylation is 1. The van der Waals surface area contributed by atoms with Gasteiger partial charge in [0.1, 0.15) is 0 Å². The van der Waals surface area contributed by atoms with E-state index in [1.807, 2.05) is 48.7 Å². The number of halogens is 1. The van der Waals surface area contributed by atoms with E-state index in [0.717, 1.165) is 40.9 Å². The number of rotatable bonds is 2. The molecule has 1 fully saturated rings. The Hall–Kier alpha value is -2.88. The number of carbonyl (C=O) groups excluding carboxylic acids is 1. The molecule has 0 radical (unpaired) electrons. The van der Waals surface area contributed by atoms with Gasteiger partial charge in [-0.3, -0.25) is 10.2 Å². The number of hydrogen-bond acceptors (Lipinski definition) is 6. The Morgan fingerprint density at radius 3 is 2.69 bits per heavy atom. The molecule has 0 atom stereocenters. The molecule has 0 aliphatic carbocycles.